The van der Waals surface area contributed by atoms with Gasteiger partial charge in [-0.2, -0.15) is 5.10 Å². The van der Waals surface area contributed by atoms with Crippen LogP contribution in [0.4, 0.5) is 0 Å². The third-order valence-corrected chi connectivity index (χ3v) is 3.70. The van der Waals surface area contributed by atoms with Crippen LogP contribution in [0.15, 0.2) is 6.20 Å². The Morgan fingerprint density at radius 2 is 1.94 bits per heavy atom. The molecule has 0 bridgehead atoms. The Kier molecular flexibility index (Phi) is 4.93. The molecular formula is C13H22ClN3O. The normalized spacial score (nSPS) is 12.2. The quantitative estimate of drug-likeness (QED) is 0.747. The summed E-state index contributed by atoms with van der Waals surface area (Å²) in [6, 6.07) is 0. The number of nitrogens with zero attached hydrogens (tertiary/aromatic N) is 3. The average Bonchev–Trinajstić information content (AvgIpc) is 2.70. The number of Topliss-reactive ketones (excluding diaryl/α,β-unsaturated/α-hetero) is 1. The van der Waals surface area contributed by atoms with E-state index in [-0.39, 0.29) is 5.78 Å². The van der Waals surface area contributed by atoms with E-state index in [2.05, 4.69) is 23.8 Å². The van der Waals surface area contributed by atoms with Gasteiger partial charge < -0.3 is 0 Å². The molecular weight excluding hydrogens is 250 g/mol. The minimum absolute atomic E-state index is 0.0237. The zero-order chi connectivity index (χ0) is 13.9. The number of carbonyl (C=O) groups is 1. The lowest BCUT2D eigenvalue weighted by molar-refractivity contribution is 0.0657. The summed E-state index contributed by atoms with van der Waals surface area (Å²) >= 11 is 6.09. The van der Waals surface area contributed by atoms with Crippen molar-refractivity contribution in [1.82, 2.24) is 14.7 Å². The predicted molar refractivity (Wildman–Crippen MR) is 74.2 cm³/mol. The third-order valence-electron chi connectivity index (χ3n) is 3.42. The van der Waals surface area contributed by atoms with Gasteiger partial charge in [0.05, 0.1) is 16.8 Å². The predicted octanol–water partition coefficient (Wildman–Crippen LogP) is 2.86. The maximum absolute atomic E-state index is 12.7. The zero-order valence-corrected chi connectivity index (χ0v) is 12.6. The Morgan fingerprint density at radius 1 is 1.39 bits per heavy atom. The van der Waals surface area contributed by atoms with Gasteiger partial charge in [-0.05, 0) is 33.9 Å². The van der Waals surface area contributed by atoms with Crippen molar-refractivity contribution in [2.75, 3.05) is 13.1 Å². The van der Waals surface area contributed by atoms with Crippen molar-refractivity contribution in [3.63, 3.8) is 0 Å². The highest BCUT2D eigenvalue weighted by molar-refractivity contribution is 6.34. The molecule has 0 aliphatic rings. The lowest BCUT2D eigenvalue weighted by Crippen LogP contribution is -2.50. The van der Waals surface area contributed by atoms with Gasteiger partial charge in [-0.15, -0.1) is 0 Å². The van der Waals surface area contributed by atoms with Gasteiger partial charge in [0.1, 0.15) is 5.69 Å². The van der Waals surface area contributed by atoms with Gasteiger partial charge in [0.15, 0.2) is 0 Å². The molecule has 18 heavy (non-hydrogen) atoms. The van der Waals surface area contributed by atoms with Gasteiger partial charge in [-0.1, -0.05) is 25.4 Å². The van der Waals surface area contributed by atoms with Crippen molar-refractivity contribution in [3.05, 3.63) is 16.9 Å². The summed E-state index contributed by atoms with van der Waals surface area (Å²) in [5, 5.41) is 4.56. The Bertz CT molecular complexity index is 422. The number of ketones is 1. The van der Waals surface area contributed by atoms with Gasteiger partial charge in [0.25, 0.3) is 0 Å². The zero-order valence-electron chi connectivity index (χ0n) is 11.8. The van der Waals surface area contributed by atoms with Gasteiger partial charge in [0.2, 0.25) is 5.78 Å². The summed E-state index contributed by atoms with van der Waals surface area (Å²) in [7, 11) is 0. The molecule has 1 heterocycles. The standard InChI is InChI=1S/C13H22ClN3O/c1-6-16(7-2)13(4,5)12(18)11-10(14)9-15-17(11)8-3/h9H,6-8H2,1-5H3. The van der Waals surface area contributed by atoms with Crippen molar-refractivity contribution >= 4 is 17.4 Å². The summed E-state index contributed by atoms with van der Waals surface area (Å²) in [4.78, 5) is 14.8. The molecule has 1 aromatic rings. The first-order chi connectivity index (χ1) is 8.39. The summed E-state index contributed by atoms with van der Waals surface area (Å²) in [5.41, 5.74) is -0.0591. The Labute approximate surface area is 114 Å². The van der Waals surface area contributed by atoms with Crippen LogP contribution in [0.5, 0.6) is 0 Å². The molecule has 0 aromatic carbocycles. The van der Waals surface area contributed by atoms with Crippen molar-refractivity contribution in [2.24, 2.45) is 0 Å². The van der Waals surface area contributed by atoms with E-state index in [4.69, 9.17) is 11.6 Å². The first kappa shape index (κ1) is 15.2. The van der Waals surface area contributed by atoms with E-state index in [0.29, 0.717) is 17.3 Å². The fourth-order valence-corrected chi connectivity index (χ4v) is 2.50. The van der Waals surface area contributed by atoms with E-state index in [1.165, 1.54) is 6.20 Å². The summed E-state index contributed by atoms with van der Waals surface area (Å²) in [5.74, 6) is 0.0237. The smallest absolute Gasteiger partial charge is 0.201 e. The molecule has 1 rings (SSSR count). The second kappa shape index (κ2) is 5.85. The lowest BCUT2D eigenvalue weighted by Gasteiger charge is -2.35. The maximum atomic E-state index is 12.7. The fourth-order valence-electron chi connectivity index (χ4n) is 2.28. The molecule has 0 radical (unpaired) electrons. The fraction of sp³-hybridized carbons (Fsp3) is 0.692. The van der Waals surface area contributed by atoms with Crippen LogP contribution in [-0.2, 0) is 6.54 Å². The second-order valence-corrected chi connectivity index (χ2v) is 5.12. The Balaban J connectivity index is 3.16. The molecule has 1 aromatic heterocycles. The number of hydrogen-bond acceptors (Lipinski definition) is 3. The van der Waals surface area contributed by atoms with E-state index in [1.54, 1.807) is 4.68 Å². The van der Waals surface area contributed by atoms with Crippen LogP contribution in [0.2, 0.25) is 5.02 Å². The average molecular weight is 272 g/mol. The largest absolute Gasteiger partial charge is 0.292 e. The molecule has 4 nitrogen and oxygen atoms in total. The van der Waals surface area contributed by atoms with E-state index < -0.39 is 5.54 Å². The molecule has 0 fully saturated rings. The molecule has 0 amide bonds. The highest BCUT2D eigenvalue weighted by Gasteiger charge is 2.36. The van der Waals surface area contributed by atoms with E-state index in [0.717, 1.165) is 13.1 Å². The Morgan fingerprint density at radius 3 is 2.39 bits per heavy atom. The molecule has 0 aliphatic carbocycles. The summed E-state index contributed by atoms with van der Waals surface area (Å²) in [6.07, 6.45) is 1.54. The van der Waals surface area contributed by atoms with Crippen molar-refractivity contribution in [1.29, 1.82) is 0 Å². The number of halogens is 1. The van der Waals surface area contributed by atoms with Gasteiger partial charge in [0, 0.05) is 6.54 Å². The van der Waals surface area contributed by atoms with Crippen molar-refractivity contribution < 1.29 is 4.79 Å². The molecule has 0 aliphatic heterocycles. The molecule has 0 spiro atoms. The molecule has 0 saturated carbocycles. The number of aromatic nitrogens is 2. The molecule has 102 valence electrons. The maximum Gasteiger partial charge on any atom is 0.201 e. The molecule has 0 unspecified atom stereocenters. The molecule has 0 N–H and O–H groups in total. The van der Waals surface area contributed by atoms with Crippen LogP contribution in [0.1, 0.15) is 45.1 Å². The van der Waals surface area contributed by atoms with E-state index >= 15 is 0 Å². The van der Waals surface area contributed by atoms with Crippen LogP contribution < -0.4 is 0 Å². The number of likely N-dealkylation sites (N-methyl/N-ethyl adjacent to an activating group) is 1. The molecule has 5 heteroatoms. The van der Waals surface area contributed by atoms with Crippen molar-refractivity contribution in [2.45, 2.75) is 46.7 Å². The number of carbonyl (C=O) groups excluding carboxylic acids is 1. The summed E-state index contributed by atoms with van der Waals surface area (Å²) in [6.45, 7) is 12.2. The lowest BCUT2D eigenvalue weighted by atomic mass is 9.94. The van der Waals surface area contributed by atoms with Crippen LogP contribution >= 0.6 is 11.6 Å². The van der Waals surface area contributed by atoms with Crippen LogP contribution in [0.3, 0.4) is 0 Å². The minimum atomic E-state index is -0.569. The van der Waals surface area contributed by atoms with Crippen LogP contribution in [0, 0.1) is 0 Å². The Hall–Kier alpha value is -0.870. The number of hydrogen-bond donors (Lipinski definition) is 0. The number of aryl methyl sites for hydroxylation is 1. The highest BCUT2D eigenvalue weighted by atomic mass is 35.5. The monoisotopic (exact) mass is 271 g/mol. The molecule has 0 atom stereocenters. The van der Waals surface area contributed by atoms with E-state index in [9.17, 15) is 4.79 Å². The molecule has 0 saturated heterocycles. The van der Waals surface area contributed by atoms with Crippen LogP contribution in [-0.4, -0.2) is 39.1 Å². The van der Waals surface area contributed by atoms with Gasteiger partial charge >= 0.3 is 0 Å². The van der Waals surface area contributed by atoms with Crippen molar-refractivity contribution in [3.8, 4) is 0 Å². The van der Waals surface area contributed by atoms with Crippen LogP contribution in [0.25, 0.3) is 0 Å². The number of rotatable bonds is 6. The van der Waals surface area contributed by atoms with Gasteiger partial charge in [-0.25, -0.2) is 0 Å². The highest BCUT2D eigenvalue weighted by Crippen LogP contribution is 2.25. The SMILES string of the molecule is CCN(CC)C(C)(C)C(=O)c1c(Cl)cnn1CC. The first-order valence-electron chi connectivity index (χ1n) is 6.41. The minimum Gasteiger partial charge on any atom is -0.292 e. The second-order valence-electron chi connectivity index (χ2n) is 4.72. The third kappa shape index (κ3) is 2.59. The first-order valence-corrected chi connectivity index (χ1v) is 6.79. The van der Waals surface area contributed by atoms with Gasteiger partial charge in [-0.3, -0.25) is 14.4 Å². The summed E-state index contributed by atoms with van der Waals surface area (Å²) < 4.78 is 1.66. The topological polar surface area (TPSA) is 38.1 Å². The van der Waals surface area contributed by atoms with E-state index in [1.807, 2.05) is 20.8 Å².